The number of pyridine rings is 1. The number of hydrogen-bond acceptors (Lipinski definition) is 4. The van der Waals surface area contributed by atoms with E-state index >= 15 is 0 Å². The number of carbonyl (C=O) groups excluding carboxylic acids is 1. The van der Waals surface area contributed by atoms with Crippen molar-refractivity contribution in [2.45, 2.75) is 38.6 Å². The molecule has 0 aliphatic carbocycles. The second kappa shape index (κ2) is 7.50. The van der Waals surface area contributed by atoms with Crippen molar-refractivity contribution in [1.29, 1.82) is 0 Å². The molecule has 2 aliphatic heterocycles. The molecular formula is C23H27N5O. The highest BCUT2D eigenvalue weighted by atomic mass is 16.2. The Morgan fingerprint density at radius 3 is 2.83 bits per heavy atom. The van der Waals surface area contributed by atoms with Crippen LogP contribution >= 0.6 is 0 Å². The number of benzene rings is 1. The molecule has 6 heteroatoms. The maximum Gasteiger partial charge on any atom is 0.226 e. The van der Waals surface area contributed by atoms with Gasteiger partial charge in [0.1, 0.15) is 6.33 Å². The quantitative estimate of drug-likeness (QED) is 0.673. The van der Waals surface area contributed by atoms with Gasteiger partial charge in [0.2, 0.25) is 5.91 Å². The second-order valence-electron chi connectivity index (χ2n) is 8.34. The fraction of sp³-hybridized carbons (Fsp3) is 0.435. The Morgan fingerprint density at radius 1 is 1.10 bits per heavy atom. The van der Waals surface area contributed by atoms with Gasteiger partial charge in [0.15, 0.2) is 5.65 Å². The Balaban J connectivity index is 1.19. The van der Waals surface area contributed by atoms with Gasteiger partial charge in [0.05, 0.1) is 6.04 Å². The highest BCUT2D eigenvalue weighted by Crippen LogP contribution is 2.32. The van der Waals surface area contributed by atoms with E-state index in [2.05, 4.69) is 57.1 Å². The zero-order chi connectivity index (χ0) is 19.8. The topological polar surface area (TPSA) is 53.7 Å². The maximum atomic E-state index is 12.9. The number of fused-ring (bicyclic) bond motifs is 2. The summed E-state index contributed by atoms with van der Waals surface area (Å²) in [6.45, 7) is 4.83. The minimum atomic E-state index is 0.160. The van der Waals surface area contributed by atoms with Crippen LogP contribution in [-0.4, -0.2) is 51.1 Å². The molecule has 5 rings (SSSR count). The van der Waals surface area contributed by atoms with Gasteiger partial charge in [-0.05, 0) is 56.9 Å². The first-order valence-electron chi connectivity index (χ1n) is 10.6. The largest absolute Gasteiger partial charge is 0.368 e. The average Bonchev–Trinajstić information content (AvgIpc) is 3.34. The molecule has 0 radical (unpaired) electrons. The number of anilines is 1. The van der Waals surface area contributed by atoms with Gasteiger partial charge < -0.3 is 9.80 Å². The van der Waals surface area contributed by atoms with E-state index < -0.39 is 0 Å². The SMILES string of the molecule is Cc1ccc(N2CCN3C(=O)[C@@H](CCCc4cccc5ncnn45)C[C@H]3C2)cc1. The molecule has 1 aromatic carbocycles. The molecule has 0 saturated carbocycles. The molecule has 29 heavy (non-hydrogen) atoms. The highest BCUT2D eigenvalue weighted by Gasteiger charge is 2.41. The summed E-state index contributed by atoms with van der Waals surface area (Å²) in [6, 6.07) is 15.2. The summed E-state index contributed by atoms with van der Waals surface area (Å²) in [5.74, 6) is 0.519. The summed E-state index contributed by atoms with van der Waals surface area (Å²) in [4.78, 5) is 21.7. The van der Waals surface area contributed by atoms with Crippen LogP contribution in [0.1, 0.15) is 30.5 Å². The van der Waals surface area contributed by atoms with E-state index in [-0.39, 0.29) is 5.92 Å². The van der Waals surface area contributed by atoms with Crippen LogP contribution in [0.3, 0.4) is 0 Å². The lowest BCUT2D eigenvalue weighted by Crippen LogP contribution is -2.51. The first-order chi connectivity index (χ1) is 14.2. The Labute approximate surface area is 171 Å². The molecule has 2 atom stereocenters. The molecule has 0 N–H and O–H groups in total. The minimum Gasteiger partial charge on any atom is -0.368 e. The molecule has 2 fully saturated rings. The van der Waals surface area contributed by atoms with Crippen molar-refractivity contribution in [3.63, 3.8) is 0 Å². The Morgan fingerprint density at radius 2 is 1.97 bits per heavy atom. The molecule has 2 aliphatic rings. The lowest BCUT2D eigenvalue weighted by atomic mass is 9.97. The summed E-state index contributed by atoms with van der Waals surface area (Å²) in [5, 5.41) is 4.31. The Bertz CT molecular complexity index is 1010. The van der Waals surface area contributed by atoms with Crippen molar-refractivity contribution in [3.8, 4) is 0 Å². The lowest BCUT2D eigenvalue weighted by molar-refractivity contribution is -0.132. The van der Waals surface area contributed by atoms with E-state index in [0.29, 0.717) is 11.9 Å². The Kier molecular flexibility index (Phi) is 4.70. The minimum absolute atomic E-state index is 0.160. The van der Waals surface area contributed by atoms with Crippen molar-refractivity contribution >= 4 is 17.2 Å². The molecule has 3 aromatic rings. The van der Waals surface area contributed by atoms with Gasteiger partial charge in [-0.25, -0.2) is 9.50 Å². The third kappa shape index (κ3) is 3.48. The lowest BCUT2D eigenvalue weighted by Gasteiger charge is -2.38. The molecular weight excluding hydrogens is 362 g/mol. The van der Waals surface area contributed by atoms with E-state index in [1.54, 1.807) is 6.33 Å². The van der Waals surface area contributed by atoms with Crippen LogP contribution in [0.2, 0.25) is 0 Å². The van der Waals surface area contributed by atoms with Gasteiger partial charge in [0.25, 0.3) is 0 Å². The maximum absolute atomic E-state index is 12.9. The monoisotopic (exact) mass is 389 g/mol. The fourth-order valence-electron chi connectivity index (χ4n) is 4.86. The molecule has 0 bridgehead atoms. The Hall–Kier alpha value is -2.89. The van der Waals surface area contributed by atoms with Gasteiger partial charge in [-0.2, -0.15) is 5.10 Å². The van der Waals surface area contributed by atoms with Crippen molar-refractivity contribution in [2.24, 2.45) is 5.92 Å². The van der Waals surface area contributed by atoms with Crippen LogP contribution in [0, 0.1) is 12.8 Å². The summed E-state index contributed by atoms with van der Waals surface area (Å²) in [5.41, 5.74) is 4.60. The van der Waals surface area contributed by atoms with Gasteiger partial charge in [0, 0.05) is 36.9 Å². The first-order valence-corrected chi connectivity index (χ1v) is 10.6. The fourth-order valence-corrected chi connectivity index (χ4v) is 4.86. The standard InChI is InChI=1S/C23H27N5O/c1-17-8-10-19(11-9-17)26-12-13-27-21(15-26)14-18(23(27)29)4-2-5-20-6-3-7-22-24-16-25-28(20)22/h3,6-11,16,18,21H,2,4-5,12-15H2,1H3/t18-,21-/m0/s1. The first kappa shape index (κ1) is 18.2. The highest BCUT2D eigenvalue weighted by molar-refractivity contribution is 5.82. The second-order valence-corrected chi connectivity index (χ2v) is 8.34. The zero-order valence-electron chi connectivity index (χ0n) is 16.9. The van der Waals surface area contributed by atoms with Crippen molar-refractivity contribution in [2.75, 3.05) is 24.5 Å². The van der Waals surface area contributed by atoms with E-state index in [0.717, 1.165) is 56.7 Å². The summed E-state index contributed by atoms with van der Waals surface area (Å²) in [7, 11) is 0. The predicted octanol–water partition coefficient (Wildman–Crippen LogP) is 3.10. The third-order valence-electron chi connectivity index (χ3n) is 6.44. The zero-order valence-corrected chi connectivity index (χ0v) is 16.9. The number of amides is 1. The van der Waals surface area contributed by atoms with Gasteiger partial charge in [-0.1, -0.05) is 23.8 Å². The van der Waals surface area contributed by atoms with E-state index in [1.807, 2.05) is 16.6 Å². The van der Waals surface area contributed by atoms with Crippen LogP contribution in [0.25, 0.3) is 5.65 Å². The molecule has 150 valence electrons. The van der Waals surface area contributed by atoms with E-state index in [9.17, 15) is 4.79 Å². The molecule has 2 saturated heterocycles. The number of piperazine rings is 1. The van der Waals surface area contributed by atoms with Crippen LogP contribution in [0.4, 0.5) is 5.69 Å². The van der Waals surface area contributed by atoms with E-state index in [1.165, 1.54) is 11.3 Å². The van der Waals surface area contributed by atoms with Crippen LogP contribution in [-0.2, 0) is 11.2 Å². The average molecular weight is 390 g/mol. The molecule has 6 nitrogen and oxygen atoms in total. The number of aryl methyl sites for hydroxylation is 2. The summed E-state index contributed by atoms with van der Waals surface area (Å²) in [6.07, 6.45) is 5.44. The number of carbonyl (C=O) groups is 1. The number of nitrogens with zero attached hydrogens (tertiary/aromatic N) is 5. The predicted molar refractivity (Wildman–Crippen MR) is 113 cm³/mol. The number of aromatic nitrogens is 3. The summed E-state index contributed by atoms with van der Waals surface area (Å²) < 4.78 is 1.90. The molecule has 0 spiro atoms. The molecule has 2 aromatic heterocycles. The van der Waals surface area contributed by atoms with Crippen molar-refractivity contribution in [3.05, 3.63) is 60.0 Å². The van der Waals surface area contributed by atoms with Gasteiger partial charge >= 0.3 is 0 Å². The third-order valence-corrected chi connectivity index (χ3v) is 6.44. The molecule has 0 unspecified atom stereocenters. The smallest absolute Gasteiger partial charge is 0.226 e. The number of rotatable bonds is 5. The van der Waals surface area contributed by atoms with Crippen LogP contribution in [0.5, 0.6) is 0 Å². The van der Waals surface area contributed by atoms with Gasteiger partial charge in [-0.3, -0.25) is 4.79 Å². The summed E-state index contributed by atoms with van der Waals surface area (Å²) >= 11 is 0. The van der Waals surface area contributed by atoms with Crippen molar-refractivity contribution in [1.82, 2.24) is 19.5 Å². The number of hydrogen-bond donors (Lipinski definition) is 0. The van der Waals surface area contributed by atoms with Crippen LogP contribution < -0.4 is 4.90 Å². The van der Waals surface area contributed by atoms with E-state index in [4.69, 9.17) is 0 Å². The molecule has 4 heterocycles. The molecule has 1 amide bonds. The normalized spacial score (nSPS) is 21.8. The van der Waals surface area contributed by atoms with Crippen molar-refractivity contribution < 1.29 is 4.79 Å². The van der Waals surface area contributed by atoms with Gasteiger partial charge in [-0.15, -0.1) is 0 Å². The van der Waals surface area contributed by atoms with Crippen LogP contribution in [0.15, 0.2) is 48.8 Å².